The molecule has 184 valence electrons. The van der Waals surface area contributed by atoms with Gasteiger partial charge in [0.2, 0.25) is 0 Å². The number of nitro groups is 1. The van der Waals surface area contributed by atoms with Gasteiger partial charge in [0, 0.05) is 12.7 Å². The van der Waals surface area contributed by atoms with Crippen LogP contribution in [-0.2, 0) is 12.0 Å². The third-order valence-corrected chi connectivity index (χ3v) is 6.69. The zero-order valence-electron chi connectivity index (χ0n) is 19.9. The number of imidazole rings is 1. The van der Waals surface area contributed by atoms with E-state index in [9.17, 15) is 10.1 Å². The summed E-state index contributed by atoms with van der Waals surface area (Å²) in [5.74, 6) is 0. The molecule has 0 saturated heterocycles. The average Bonchev–Trinajstić information content (AvgIpc) is 3.28. The Hall–Kier alpha value is -3.91. The number of aryl methyl sites for hydroxylation is 1. The molecule has 0 spiro atoms. The molecule has 4 aromatic rings. The van der Waals surface area contributed by atoms with Gasteiger partial charge in [-0.25, -0.2) is 4.98 Å². The zero-order valence-corrected chi connectivity index (χ0v) is 20.7. The van der Waals surface area contributed by atoms with Gasteiger partial charge in [0.05, 0.1) is 10.6 Å². The molecule has 1 aromatic heterocycles. The highest BCUT2D eigenvalue weighted by atomic mass is 32.2. The minimum Gasteiger partial charge on any atom is -0.375 e. The summed E-state index contributed by atoms with van der Waals surface area (Å²) in [6.07, 6.45) is 5.09. The van der Waals surface area contributed by atoms with E-state index in [0.29, 0.717) is 30.1 Å². The molecule has 4 rings (SSSR count). The van der Waals surface area contributed by atoms with E-state index in [0.717, 1.165) is 22.9 Å². The largest absolute Gasteiger partial charge is 0.375 e. The van der Waals surface area contributed by atoms with Crippen molar-refractivity contribution in [3.8, 4) is 0 Å². The second-order valence-electron chi connectivity index (χ2n) is 8.19. The molecule has 36 heavy (non-hydrogen) atoms. The molecule has 0 atom stereocenters. The maximum absolute atomic E-state index is 15.7. The number of halogens is 1. The number of aromatic nitrogens is 2. The molecule has 0 fully saturated rings. The van der Waals surface area contributed by atoms with Gasteiger partial charge in [-0.2, -0.15) is 4.39 Å². The van der Waals surface area contributed by atoms with E-state index in [4.69, 9.17) is 0 Å². The Kier molecular flexibility index (Phi) is 8.17. The molecule has 6 nitrogen and oxygen atoms in total. The standard InChI is InChI=1S/C28H27FN4O2S/c1-36-26(21-33(34)35)30-19-11-18-25-20-32(27(29)31-25)28(22-12-5-2-6-13-22,23-14-7-3-8-15-23)24-16-9-4-10-17-24/h2-10,12-17,20-21,30H,11,18-19H2,1H3/b26-21-. The van der Waals surface area contributed by atoms with Crippen molar-refractivity contribution < 1.29 is 9.31 Å². The lowest BCUT2D eigenvalue weighted by molar-refractivity contribution is -0.403. The van der Waals surface area contributed by atoms with Crippen LogP contribution in [0.15, 0.2) is 108 Å². The number of nitrogens with zero attached hydrogens (tertiary/aromatic N) is 3. The number of nitrogens with one attached hydrogen (secondary N) is 1. The van der Waals surface area contributed by atoms with Gasteiger partial charge in [0.25, 0.3) is 12.3 Å². The van der Waals surface area contributed by atoms with Crippen LogP contribution in [0.5, 0.6) is 0 Å². The van der Waals surface area contributed by atoms with E-state index < -0.39 is 16.5 Å². The van der Waals surface area contributed by atoms with E-state index in [1.807, 2.05) is 91.0 Å². The van der Waals surface area contributed by atoms with Crippen LogP contribution in [0.25, 0.3) is 0 Å². The van der Waals surface area contributed by atoms with Crippen LogP contribution in [0.2, 0.25) is 0 Å². The Balaban J connectivity index is 1.73. The third-order valence-electron chi connectivity index (χ3n) is 6.00. The van der Waals surface area contributed by atoms with Gasteiger partial charge in [-0.1, -0.05) is 91.0 Å². The molecule has 0 radical (unpaired) electrons. The smallest absolute Gasteiger partial charge is 0.290 e. The molecule has 0 saturated carbocycles. The molecule has 0 aliphatic rings. The number of rotatable bonds is 11. The van der Waals surface area contributed by atoms with Crippen molar-refractivity contribution in [3.63, 3.8) is 0 Å². The Morgan fingerprint density at radius 3 is 1.94 bits per heavy atom. The van der Waals surface area contributed by atoms with E-state index in [-0.39, 0.29) is 0 Å². The zero-order chi connectivity index (χ0) is 25.4. The first kappa shape index (κ1) is 25.2. The lowest BCUT2D eigenvalue weighted by Crippen LogP contribution is -2.38. The normalized spacial score (nSPS) is 11.9. The number of hydrogen-bond donors (Lipinski definition) is 1. The summed E-state index contributed by atoms with van der Waals surface area (Å²) < 4.78 is 17.4. The summed E-state index contributed by atoms with van der Waals surface area (Å²) in [5.41, 5.74) is 2.41. The second-order valence-corrected chi connectivity index (χ2v) is 9.04. The van der Waals surface area contributed by atoms with Crippen LogP contribution >= 0.6 is 11.8 Å². The van der Waals surface area contributed by atoms with Crippen molar-refractivity contribution in [2.24, 2.45) is 0 Å². The van der Waals surface area contributed by atoms with Crippen molar-refractivity contribution in [2.45, 2.75) is 18.4 Å². The van der Waals surface area contributed by atoms with Crippen LogP contribution in [0.3, 0.4) is 0 Å². The molecule has 0 aliphatic heterocycles. The van der Waals surface area contributed by atoms with Crippen LogP contribution in [0.1, 0.15) is 28.8 Å². The van der Waals surface area contributed by atoms with Gasteiger partial charge in [-0.3, -0.25) is 14.7 Å². The Labute approximate surface area is 214 Å². The maximum Gasteiger partial charge on any atom is 0.290 e. The first-order valence-electron chi connectivity index (χ1n) is 11.6. The highest BCUT2D eigenvalue weighted by molar-refractivity contribution is 8.02. The van der Waals surface area contributed by atoms with Gasteiger partial charge in [-0.15, -0.1) is 11.8 Å². The van der Waals surface area contributed by atoms with Crippen LogP contribution in [-0.4, -0.2) is 27.3 Å². The van der Waals surface area contributed by atoms with Crippen molar-refractivity contribution in [1.82, 2.24) is 14.9 Å². The first-order chi connectivity index (χ1) is 17.6. The Morgan fingerprint density at radius 2 is 1.50 bits per heavy atom. The van der Waals surface area contributed by atoms with Crippen molar-refractivity contribution in [3.05, 3.63) is 147 Å². The molecular weight excluding hydrogens is 475 g/mol. The van der Waals surface area contributed by atoms with E-state index in [1.54, 1.807) is 17.0 Å². The molecule has 0 unspecified atom stereocenters. The highest BCUT2D eigenvalue weighted by Crippen LogP contribution is 2.41. The fraction of sp³-hybridized carbons (Fsp3) is 0.179. The minimum absolute atomic E-state index is 0.480. The highest BCUT2D eigenvalue weighted by Gasteiger charge is 2.40. The molecule has 3 aromatic carbocycles. The van der Waals surface area contributed by atoms with Crippen molar-refractivity contribution >= 4 is 11.8 Å². The monoisotopic (exact) mass is 502 g/mol. The lowest BCUT2D eigenvalue weighted by Gasteiger charge is -2.37. The topological polar surface area (TPSA) is 73.0 Å². The number of hydrogen-bond acceptors (Lipinski definition) is 5. The molecule has 0 amide bonds. The summed E-state index contributed by atoms with van der Waals surface area (Å²) in [7, 11) is 0. The number of benzene rings is 3. The Bertz CT molecular complexity index is 1210. The third kappa shape index (κ3) is 5.33. The van der Waals surface area contributed by atoms with Crippen LogP contribution in [0.4, 0.5) is 4.39 Å². The van der Waals surface area contributed by atoms with Crippen molar-refractivity contribution in [2.75, 3.05) is 12.8 Å². The minimum atomic E-state index is -0.960. The molecule has 1 heterocycles. The Morgan fingerprint density at radius 1 is 1.00 bits per heavy atom. The van der Waals surface area contributed by atoms with Crippen molar-refractivity contribution in [1.29, 1.82) is 0 Å². The SMILES string of the molecule is CS/C(=C\[N+](=O)[O-])NCCCc1cn(C(c2ccccc2)(c2ccccc2)c2ccccc2)c(F)n1. The molecule has 0 aliphatic carbocycles. The van der Waals surface area contributed by atoms with Gasteiger partial charge >= 0.3 is 0 Å². The lowest BCUT2D eigenvalue weighted by atomic mass is 9.76. The van der Waals surface area contributed by atoms with Gasteiger partial charge in [0.1, 0.15) is 10.6 Å². The van der Waals surface area contributed by atoms with Gasteiger partial charge < -0.3 is 5.32 Å². The van der Waals surface area contributed by atoms with Crippen LogP contribution in [0, 0.1) is 16.2 Å². The predicted octanol–water partition coefficient (Wildman–Crippen LogP) is 5.82. The predicted molar refractivity (Wildman–Crippen MR) is 142 cm³/mol. The average molecular weight is 503 g/mol. The molecule has 0 bridgehead atoms. The van der Waals surface area contributed by atoms with E-state index in [1.165, 1.54) is 11.8 Å². The molecule has 1 N–H and O–H groups in total. The van der Waals surface area contributed by atoms with E-state index >= 15 is 4.39 Å². The fourth-order valence-corrected chi connectivity index (χ4v) is 4.90. The summed E-state index contributed by atoms with van der Waals surface area (Å²) >= 11 is 1.28. The first-order valence-corrected chi connectivity index (χ1v) is 12.8. The summed E-state index contributed by atoms with van der Waals surface area (Å²) in [5, 5.41) is 14.3. The van der Waals surface area contributed by atoms with Crippen LogP contribution < -0.4 is 5.32 Å². The quantitative estimate of drug-likeness (QED) is 0.121. The van der Waals surface area contributed by atoms with Gasteiger partial charge in [-0.05, 0) is 35.8 Å². The molecular formula is C28H27FN4O2S. The van der Waals surface area contributed by atoms with E-state index in [2.05, 4.69) is 10.3 Å². The summed E-state index contributed by atoms with van der Waals surface area (Å²) in [6.45, 7) is 0.510. The van der Waals surface area contributed by atoms with Gasteiger partial charge in [0.15, 0.2) is 0 Å². The number of thioether (sulfide) groups is 1. The second kappa shape index (κ2) is 11.7. The fourth-order valence-electron chi connectivity index (χ4n) is 4.46. The molecule has 8 heteroatoms. The summed E-state index contributed by atoms with van der Waals surface area (Å²) in [4.78, 5) is 14.5. The maximum atomic E-state index is 15.7. The summed E-state index contributed by atoms with van der Waals surface area (Å²) in [6, 6.07) is 29.6.